The summed E-state index contributed by atoms with van der Waals surface area (Å²) in [6, 6.07) is 19.8. The Morgan fingerprint density at radius 1 is 1.00 bits per heavy atom. The minimum atomic E-state index is -3.40. The van der Waals surface area contributed by atoms with Crippen LogP contribution >= 0.6 is 0 Å². The lowest BCUT2D eigenvalue weighted by molar-refractivity contribution is 0.139. The van der Waals surface area contributed by atoms with Gasteiger partial charge in [-0.15, -0.1) is 0 Å². The molecule has 3 rings (SSSR count). The first kappa shape index (κ1) is 17.9. The summed E-state index contributed by atoms with van der Waals surface area (Å²) in [6.07, 6.45) is 1.67. The highest BCUT2D eigenvalue weighted by molar-refractivity contribution is 7.92. The molecule has 1 aliphatic heterocycles. The molecule has 0 saturated carbocycles. The average Bonchev–Trinajstić information content (AvgIpc) is 2.62. The molecule has 0 bridgehead atoms. The Balaban J connectivity index is 1.63. The van der Waals surface area contributed by atoms with Crippen molar-refractivity contribution in [1.29, 1.82) is 0 Å². The van der Waals surface area contributed by atoms with Crippen LogP contribution in [0.4, 0.5) is 0 Å². The number of sulfonamides is 1. The number of hydrogen-bond donors (Lipinski definition) is 0. The Morgan fingerprint density at radius 2 is 1.64 bits per heavy atom. The van der Waals surface area contributed by atoms with Crippen LogP contribution < -0.4 is 0 Å². The van der Waals surface area contributed by atoms with Gasteiger partial charge in [0.2, 0.25) is 10.0 Å². The molecular formula is C20H24N2O2S. The fraction of sp³-hybridized carbons (Fsp3) is 0.300. The van der Waals surface area contributed by atoms with Gasteiger partial charge in [-0.05, 0) is 24.1 Å². The SMILES string of the molecule is C[C@@H]1CN(Cc2ccccc2)CCN1S(=O)(=O)C=Cc1ccccc1. The minimum absolute atomic E-state index is 0.0390. The van der Waals surface area contributed by atoms with E-state index in [1.54, 1.807) is 10.4 Å². The van der Waals surface area contributed by atoms with Crippen molar-refractivity contribution >= 4 is 16.1 Å². The van der Waals surface area contributed by atoms with Gasteiger partial charge in [-0.3, -0.25) is 4.90 Å². The van der Waals surface area contributed by atoms with Crippen molar-refractivity contribution in [2.75, 3.05) is 19.6 Å². The fourth-order valence-electron chi connectivity index (χ4n) is 3.19. The molecule has 0 aromatic heterocycles. The van der Waals surface area contributed by atoms with Crippen molar-refractivity contribution in [2.24, 2.45) is 0 Å². The van der Waals surface area contributed by atoms with Gasteiger partial charge in [0.1, 0.15) is 0 Å². The number of nitrogens with zero attached hydrogens (tertiary/aromatic N) is 2. The molecule has 0 spiro atoms. The molecule has 1 atom stereocenters. The molecule has 5 heteroatoms. The van der Waals surface area contributed by atoms with Crippen molar-refractivity contribution < 1.29 is 8.42 Å². The van der Waals surface area contributed by atoms with Crippen LogP contribution in [0.3, 0.4) is 0 Å². The van der Waals surface area contributed by atoms with E-state index >= 15 is 0 Å². The van der Waals surface area contributed by atoms with Gasteiger partial charge < -0.3 is 0 Å². The number of benzene rings is 2. The van der Waals surface area contributed by atoms with Crippen LogP contribution in [0.15, 0.2) is 66.1 Å². The van der Waals surface area contributed by atoms with Gasteiger partial charge in [0.05, 0.1) is 0 Å². The second-order valence-electron chi connectivity index (χ2n) is 6.44. The summed E-state index contributed by atoms with van der Waals surface area (Å²) >= 11 is 0. The molecule has 132 valence electrons. The molecule has 0 unspecified atom stereocenters. The summed E-state index contributed by atoms with van der Waals surface area (Å²) in [5, 5.41) is 1.33. The van der Waals surface area contributed by atoms with Crippen LogP contribution in [0.25, 0.3) is 6.08 Å². The first-order valence-corrected chi connectivity index (χ1v) is 10.1. The van der Waals surface area contributed by atoms with Gasteiger partial charge >= 0.3 is 0 Å². The lowest BCUT2D eigenvalue weighted by atomic mass is 10.1. The summed E-state index contributed by atoms with van der Waals surface area (Å²) in [4.78, 5) is 2.31. The summed E-state index contributed by atoms with van der Waals surface area (Å²) in [7, 11) is -3.40. The zero-order chi connectivity index (χ0) is 17.7. The summed E-state index contributed by atoms with van der Waals surface area (Å²) in [5.41, 5.74) is 2.15. The second kappa shape index (κ2) is 7.95. The molecule has 25 heavy (non-hydrogen) atoms. The Bertz CT molecular complexity index is 804. The summed E-state index contributed by atoms with van der Waals surface area (Å²) in [5.74, 6) is 0. The second-order valence-corrected chi connectivity index (χ2v) is 8.21. The molecule has 0 amide bonds. The summed E-state index contributed by atoms with van der Waals surface area (Å²) in [6.45, 7) is 4.85. The molecule has 1 fully saturated rings. The van der Waals surface area contributed by atoms with E-state index in [9.17, 15) is 8.42 Å². The van der Waals surface area contributed by atoms with Crippen LogP contribution in [0.1, 0.15) is 18.1 Å². The molecule has 1 saturated heterocycles. The van der Waals surface area contributed by atoms with Gasteiger partial charge in [0, 0.05) is 37.6 Å². The van der Waals surface area contributed by atoms with Gasteiger partial charge in [0.15, 0.2) is 0 Å². The zero-order valence-electron chi connectivity index (χ0n) is 14.5. The molecule has 2 aromatic rings. The quantitative estimate of drug-likeness (QED) is 0.826. The standard InChI is InChI=1S/C20H24N2O2S/c1-18-16-21(17-20-10-6-3-7-11-20)13-14-22(18)25(23,24)15-12-19-8-4-2-5-9-19/h2-12,15,18H,13-14,16-17H2,1H3/t18-/m1/s1. The van der Waals surface area contributed by atoms with E-state index in [0.717, 1.165) is 25.2 Å². The van der Waals surface area contributed by atoms with E-state index in [1.165, 1.54) is 11.0 Å². The third kappa shape index (κ3) is 4.78. The molecule has 0 radical (unpaired) electrons. The Kier molecular flexibility index (Phi) is 5.68. The third-order valence-corrected chi connectivity index (χ3v) is 6.13. The highest BCUT2D eigenvalue weighted by Crippen LogP contribution is 2.18. The van der Waals surface area contributed by atoms with Crippen LogP contribution in [0, 0.1) is 0 Å². The van der Waals surface area contributed by atoms with Gasteiger partial charge in [-0.25, -0.2) is 8.42 Å². The van der Waals surface area contributed by atoms with E-state index < -0.39 is 10.0 Å². The maximum Gasteiger partial charge on any atom is 0.236 e. The number of rotatable bonds is 5. The van der Waals surface area contributed by atoms with E-state index in [4.69, 9.17) is 0 Å². The van der Waals surface area contributed by atoms with Gasteiger partial charge in [-0.2, -0.15) is 4.31 Å². The predicted molar refractivity (Wildman–Crippen MR) is 102 cm³/mol. The Morgan fingerprint density at radius 3 is 2.28 bits per heavy atom. The van der Waals surface area contributed by atoms with Gasteiger partial charge in [0.25, 0.3) is 0 Å². The van der Waals surface area contributed by atoms with Crippen molar-refractivity contribution in [3.63, 3.8) is 0 Å². The lowest BCUT2D eigenvalue weighted by Gasteiger charge is -2.38. The highest BCUT2D eigenvalue weighted by atomic mass is 32.2. The topological polar surface area (TPSA) is 40.6 Å². The monoisotopic (exact) mass is 356 g/mol. The molecule has 1 heterocycles. The van der Waals surface area contributed by atoms with Crippen LogP contribution in [0.2, 0.25) is 0 Å². The zero-order valence-corrected chi connectivity index (χ0v) is 15.3. The smallest absolute Gasteiger partial charge is 0.236 e. The molecular weight excluding hydrogens is 332 g/mol. The van der Waals surface area contributed by atoms with Crippen LogP contribution in [-0.2, 0) is 16.6 Å². The maximum absolute atomic E-state index is 12.7. The highest BCUT2D eigenvalue weighted by Gasteiger charge is 2.30. The van der Waals surface area contributed by atoms with E-state index in [0.29, 0.717) is 6.54 Å². The Hall–Kier alpha value is -1.95. The third-order valence-electron chi connectivity index (χ3n) is 4.46. The largest absolute Gasteiger partial charge is 0.296 e. The van der Waals surface area contributed by atoms with Crippen molar-refractivity contribution in [2.45, 2.75) is 19.5 Å². The fourth-order valence-corrected chi connectivity index (χ4v) is 4.58. The molecule has 0 N–H and O–H groups in total. The molecule has 0 aliphatic carbocycles. The average molecular weight is 356 g/mol. The summed E-state index contributed by atoms with van der Waals surface area (Å²) < 4.78 is 26.9. The maximum atomic E-state index is 12.7. The van der Waals surface area contributed by atoms with E-state index in [-0.39, 0.29) is 6.04 Å². The molecule has 1 aliphatic rings. The number of piperazine rings is 1. The van der Waals surface area contributed by atoms with Crippen molar-refractivity contribution in [3.8, 4) is 0 Å². The van der Waals surface area contributed by atoms with E-state index in [2.05, 4.69) is 17.0 Å². The molecule has 2 aromatic carbocycles. The first-order chi connectivity index (χ1) is 12.0. The minimum Gasteiger partial charge on any atom is -0.296 e. The van der Waals surface area contributed by atoms with Crippen molar-refractivity contribution in [3.05, 3.63) is 77.2 Å². The van der Waals surface area contributed by atoms with E-state index in [1.807, 2.05) is 55.5 Å². The predicted octanol–water partition coefficient (Wildman–Crippen LogP) is 3.19. The van der Waals surface area contributed by atoms with Crippen LogP contribution in [-0.4, -0.2) is 43.3 Å². The number of hydrogen-bond acceptors (Lipinski definition) is 3. The molecule has 4 nitrogen and oxygen atoms in total. The lowest BCUT2D eigenvalue weighted by Crippen LogP contribution is -2.52. The Labute approximate surface area is 150 Å². The van der Waals surface area contributed by atoms with Crippen LogP contribution in [0.5, 0.6) is 0 Å². The first-order valence-electron chi connectivity index (χ1n) is 8.56. The van der Waals surface area contributed by atoms with Crippen molar-refractivity contribution in [1.82, 2.24) is 9.21 Å². The van der Waals surface area contributed by atoms with Gasteiger partial charge in [-0.1, -0.05) is 60.7 Å². The normalized spacial score (nSPS) is 20.1.